The third-order valence-electron chi connectivity index (χ3n) is 9.86. The predicted octanol–water partition coefficient (Wildman–Crippen LogP) is 3.24. The second-order valence-corrected chi connectivity index (χ2v) is 13.4. The molecule has 3 saturated heterocycles. The maximum absolute atomic E-state index is 13.7. The van der Waals surface area contributed by atoms with Crippen LogP contribution in [0.2, 0.25) is 0 Å². The summed E-state index contributed by atoms with van der Waals surface area (Å²) >= 11 is 0. The largest absolute Gasteiger partial charge is 0.462 e. The smallest absolute Gasteiger partial charge is 0.311 e. The first-order valence-corrected chi connectivity index (χ1v) is 16.4. The van der Waals surface area contributed by atoms with Crippen LogP contribution in [0.5, 0.6) is 0 Å². The van der Waals surface area contributed by atoms with Crippen molar-refractivity contribution in [3.63, 3.8) is 0 Å². The number of rotatable bonds is 6. The second kappa shape index (κ2) is 17.0. The summed E-state index contributed by atoms with van der Waals surface area (Å²) in [6.45, 7) is 15.8. The first-order chi connectivity index (χ1) is 19.9. The topological polar surface area (TPSA) is 136 Å². The lowest BCUT2D eigenvalue weighted by atomic mass is 9.85. The molecule has 246 valence electrons. The van der Waals surface area contributed by atoms with Crippen molar-refractivity contribution in [3.8, 4) is 0 Å². The van der Waals surface area contributed by atoms with Crippen LogP contribution < -0.4 is 5.32 Å². The second-order valence-electron chi connectivity index (χ2n) is 13.4. The zero-order valence-corrected chi connectivity index (χ0v) is 26.9. The van der Waals surface area contributed by atoms with E-state index >= 15 is 0 Å². The van der Waals surface area contributed by atoms with Gasteiger partial charge in [0.15, 0.2) is 12.6 Å². The van der Waals surface area contributed by atoms with Crippen molar-refractivity contribution in [3.05, 3.63) is 0 Å². The Balaban J connectivity index is 1.91. The van der Waals surface area contributed by atoms with Gasteiger partial charge in [0.05, 0.1) is 30.3 Å². The van der Waals surface area contributed by atoms with Crippen LogP contribution in [0.4, 0.5) is 0 Å². The van der Waals surface area contributed by atoms with E-state index in [0.29, 0.717) is 44.8 Å². The van der Waals surface area contributed by atoms with Gasteiger partial charge in [-0.25, -0.2) is 0 Å². The summed E-state index contributed by atoms with van der Waals surface area (Å²) in [6.07, 6.45) is -0.399. The van der Waals surface area contributed by atoms with Gasteiger partial charge in [-0.2, -0.15) is 0 Å². The van der Waals surface area contributed by atoms with Crippen molar-refractivity contribution < 1.29 is 43.8 Å². The average molecular weight is 602 g/mol. The maximum atomic E-state index is 13.7. The number of aliphatic hydroxyl groups is 3. The highest BCUT2D eigenvalue weighted by molar-refractivity contribution is 5.73. The molecule has 3 unspecified atom stereocenters. The number of nitrogens with one attached hydrogen (secondary N) is 1. The molecule has 0 aromatic carbocycles. The lowest BCUT2D eigenvalue weighted by Crippen LogP contribution is -2.47. The normalized spacial score (nSPS) is 45.4. The number of esters is 1. The Hall–Kier alpha value is -0.850. The number of carbonyl (C=O) groups is 1. The molecule has 10 nitrogen and oxygen atoms in total. The first kappa shape index (κ1) is 35.6. The molecular formula is C32H59NO9. The molecule has 14 atom stereocenters. The van der Waals surface area contributed by atoms with Crippen molar-refractivity contribution in [2.45, 2.75) is 136 Å². The molecule has 0 spiro atoms. The van der Waals surface area contributed by atoms with Gasteiger partial charge < -0.3 is 44.3 Å². The van der Waals surface area contributed by atoms with Crippen LogP contribution in [0.25, 0.3) is 0 Å². The van der Waals surface area contributed by atoms with Crippen LogP contribution in [0, 0.1) is 35.5 Å². The Labute approximate surface area is 253 Å². The van der Waals surface area contributed by atoms with Crippen molar-refractivity contribution in [2.24, 2.45) is 35.5 Å². The Bertz CT molecular complexity index is 790. The molecule has 3 rings (SSSR count). The van der Waals surface area contributed by atoms with E-state index in [1.54, 1.807) is 0 Å². The van der Waals surface area contributed by atoms with Crippen molar-refractivity contribution in [1.29, 1.82) is 0 Å². The Kier molecular flexibility index (Phi) is 14.4. The molecule has 0 amide bonds. The third kappa shape index (κ3) is 9.83. The number of hydrogen-bond donors (Lipinski definition) is 4. The van der Waals surface area contributed by atoms with Crippen molar-refractivity contribution >= 4 is 5.97 Å². The summed E-state index contributed by atoms with van der Waals surface area (Å²) in [6, 6.07) is 0. The lowest BCUT2D eigenvalue weighted by molar-refractivity contribution is -0.266. The number of β-amino-alcohol motifs (C(OH)–C–C–N with tert-alkyl or cyclic N) is 1. The molecule has 0 aromatic rings. The van der Waals surface area contributed by atoms with Gasteiger partial charge in [-0.05, 0) is 63.8 Å². The van der Waals surface area contributed by atoms with Gasteiger partial charge in [0.25, 0.3) is 0 Å². The number of ether oxygens (including phenoxy) is 5. The summed E-state index contributed by atoms with van der Waals surface area (Å²) in [5.74, 6) is -0.685. The predicted molar refractivity (Wildman–Crippen MR) is 158 cm³/mol. The van der Waals surface area contributed by atoms with E-state index in [4.69, 9.17) is 23.7 Å². The highest BCUT2D eigenvalue weighted by atomic mass is 16.7. The van der Waals surface area contributed by atoms with E-state index in [1.165, 1.54) is 0 Å². The quantitative estimate of drug-likeness (QED) is 0.336. The Morgan fingerprint density at radius 3 is 2.31 bits per heavy atom. The van der Waals surface area contributed by atoms with Crippen LogP contribution in [0.3, 0.4) is 0 Å². The summed E-state index contributed by atoms with van der Waals surface area (Å²) in [4.78, 5) is 13.7. The van der Waals surface area contributed by atoms with Crippen LogP contribution in [-0.4, -0.2) is 96.8 Å². The Morgan fingerprint density at radius 1 is 0.929 bits per heavy atom. The van der Waals surface area contributed by atoms with Gasteiger partial charge in [0, 0.05) is 44.4 Å². The minimum atomic E-state index is -0.735. The minimum absolute atomic E-state index is 0.0227. The SMILES string of the molecule is CC[C@H]1OC(=O)[C@H](C)[C@@H](O[C@H]2CC(C)C(CO)[C@H](C)O2)C[C@@H](OC2OCCC[C@H]2O)[C@@H](C)C[C@@H](C)CNC[C@@H](O)[C@H]1C. The molecular weight excluding hydrogens is 542 g/mol. The van der Waals surface area contributed by atoms with Gasteiger partial charge in [0.2, 0.25) is 0 Å². The fourth-order valence-corrected chi connectivity index (χ4v) is 6.77. The number of carbonyl (C=O) groups excluding carboxylic acids is 1. The van der Waals surface area contributed by atoms with E-state index < -0.39 is 42.9 Å². The van der Waals surface area contributed by atoms with Crippen molar-refractivity contribution in [2.75, 3.05) is 26.3 Å². The average Bonchev–Trinajstić information content (AvgIpc) is 2.94. The molecule has 3 aliphatic heterocycles. The highest BCUT2D eigenvalue weighted by Crippen LogP contribution is 2.35. The van der Waals surface area contributed by atoms with Crippen LogP contribution in [-0.2, 0) is 28.5 Å². The van der Waals surface area contributed by atoms with E-state index in [2.05, 4.69) is 26.1 Å². The molecule has 0 saturated carbocycles. The zero-order chi connectivity index (χ0) is 31.0. The summed E-state index contributed by atoms with van der Waals surface area (Å²) < 4.78 is 31.2. The zero-order valence-electron chi connectivity index (χ0n) is 26.9. The fraction of sp³-hybridized carbons (Fsp3) is 0.969. The van der Waals surface area contributed by atoms with E-state index in [0.717, 1.165) is 19.4 Å². The van der Waals surface area contributed by atoms with Crippen LogP contribution in [0.15, 0.2) is 0 Å². The van der Waals surface area contributed by atoms with Crippen LogP contribution >= 0.6 is 0 Å². The van der Waals surface area contributed by atoms with Crippen molar-refractivity contribution in [1.82, 2.24) is 5.32 Å². The molecule has 0 radical (unpaired) electrons. The number of cyclic esters (lactones) is 1. The van der Waals surface area contributed by atoms with E-state index in [1.807, 2.05) is 27.7 Å². The molecule has 42 heavy (non-hydrogen) atoms. The summed E-state index contributed by atoms with van der Waals surface area (Å²) in [5, 5.41) is 34.8. The van der Waals surface area contributed by atoms with E-state index in [9.17, 15) is 20.1 Å². The third-order valence-corrected chi connectivity index (χ3v) is 9.86. The van der Waals surface area contributed by atoms with Gasteiger partial charge in [-0.15, -0.1) is 0 Å². The molecule has 4 N–H and O–H groups in total. The molecule has 0 bridgehead atoms. The standard InChI is InChI=1S/C32H59NO9/c1-8-27-21(5)26(36)16-33-15-18(2)12-20(4)28(42-32-25(35)10-9-11-38-32)14-29(22(6)31(37)41-27)40-30-13-19(3)24(17-34)23(7)39-30/h18-30,32-36H,8-17H2,1-7H3/t18-,19?,20+,21-,22-,23+,24?,25-,26-,27-,28-,29+,30+,32?/m1/s1. The number of hydrogen-bond acceptors (Lipinski definition) is 10. The first-order valence-electron chi connectivity index (χ1n) is 16.4. The maximum Gasteiger partial charge on any atom is 0.311 e. The van der Waals surface area contributed by atoms with Gasteiger partial charge in [0.1, 0.15) is 12.2 Å². The molecule has 3 fully saturated rings. The summed E-state index contributed by atoms with van der Waals surface area (Å²) in [7, 11) is 0. The minimum Gasteiger partial charge on any atom is -0.462 e. The highest BCUT2D eigenvalue weighted by Gasteiger charge is 2.41. The van der Waals surface area contributed by atoms with Crippen LogP contribution in [0.1, 0.15) is 87.0 Å². The lowest BCUT2D eigenvalue weighted by Gasteiger charge is -2.41. The molecule has 0 aliphatic carbocycles. The number of aliphatic hydroxyl groups excluding tert-OH is 3. The summed E-state index contributed by atoms with van der Waals surface area (Å²) in [5.41, 5.74) is 0. The van der Waals surface area contributed by atoms with Gasteiger partial charge >= 0.3 is 5.97 Å². The molecule has 10 heteroatoms. The van der Waals surface area contributed by atoms with E-state index in [-0.39, 0.29) is 48.5 Å². The monoisotopic (exact) mass is 601 g/mol. The molecule has 0 aromatic heterocycles. The fourth-order valence-electron chi connectivity index (χ4n) is 6.77. The Morgan fingerprint density at radius 2 is 1.67 bits per heavy atom. The van der Waals surface area contributed by atoms with Gasteiger partial charge in [-0.3, -0.25) is 4.79 Å². The molecule has 3 aliphatic rings. The van der Waals surface area contributed by atoms with Gasteiger partial charge in [-0.1, -0.05) is 34.6 Å². The molecule has 3 heterocycles.